The van der Waals surface area contributed by atoms with Crippen molar-refractivity contribution in [3.63, 3.8) is 0 Å². The molecule has 1 saturated carbocycles. The van der Waals surface area contributed by atoms with Gasteiger partial charge in [-0.25, -0.2) is 0 Å². The molecule has 2 atom stereocenters. The predicted octanol–water partition coefficient (Wildman–Crippen LogP) is 6.27. The molecule has 2 rings (SSSR count). The SMILES string of the molecule is CC.CC.CC.COC(=O)CC1CC1Cc1ccc(Br)cc1. The molecule has 1 fully saturated rings. The Bertz CT molecular complexity index is 374. The molecule has 22 heavy (non-hydrogen) atoms. The Morgan fingerprint density at radius 3 is 2.00 bits per heavy atom. The van der Waals surface area contributed by atoms with Crippen LogP contribution >= 0.6 is 15.9 Å². The van der Waals surface area contributed by atoms with E-state index < -0.39 is 0 Å². The molecule has 0 bridgehead atoms. The minimum atomic E-state index is -0.0803. The van der Waals surface area contributed by atoms with Crippen molar-refractivity contribution < 1.29 is 9.53 Å². The normalized spacial score (nSPS) is 17.5. The van der Waals surface area contributed by atoms with Gasteiger partial charge in [-0.05, 0) is 42.4 Å². The fourth-order valence-electron chi connectivity index (χ4n) is 2.03. The van der Waals surface area contributed by atoms with E-state index >= 15 is 0 Å². The molecule has 0 spiro atoms. The maximum Gasteiger partial charge on any atom is 0.305 e. The van der Waals surface area contributed by atoms with E-state index in [2.05, 4.69) is 44.9 Å². The topological polar surface area (TPSA) is 26.3 Å². The second-order valence-corrected chi connectivity index (χ2v) is 5.28. The van der Waals surface area contributed by atoms with Crippen molar-refractivity contribution in [2.45, 2.75) is 60.8 Å². The number of hydrogen-bond acceptors (Lipinski definition) is 2. The summed E-state index contributed by atoms with van der Waals surface area (Å²) in [7, 11) is 1.45. The first-order chi connectivity index (χ1) is 10.7. The molecule has 1 aliphatic carbocycles. The third kappa shape index (κ3) is 9.99. The molecule has 2 nitrogen and oxygen atoms in total. The van der Waals surface area contributed by atoms with E-state index in [0.29, 0.717) is 18.3 Å². The highest BCUT2D eigenvalue weighted by molar-refractivity contribution is 9.10. The van der Waals surface area contributed by atoms with Gasteiger partial charge in [0.25, 0.3) is 0 Å². The number of hydrogen-bond donors (Lipinski definition) is 0. The zero-order valence-electron chi connectivity index (χ0n) is 15.3. The summed E-state index contributed by atoms with van der Waals surface area (Å²) in [5.74, 6) is 1.12. The van der Waals surface area contributed by atoms with Crippen LogP contribution < -0.4 is 0 Å². The lowest BCUT2D eigenvalue weighted by atomic mass is 10.1. The molecule has 1 aromatic rings. The van der Waals surface area contributed by atoms with E-state index in [4.69, 9.17) is 0 Å². The summed E-state index contributed by atoms with van der Waals surface area (Å²) in [5.41, 5.74) is 1.35. The molecule has 1 aromatic carbocycles. The van der Waals surface area contributed by atoms with Crippen molar-refractivity contribution in [3.8, 4) is 0 Å². The summed E-state index contributed by atoms with van der Waals surface area (Å²) in [6.07, 6.45) is 2.82. The lowest BCUT2D eigenvalue weighted by Gasteiger charge is -2.01. The first-order valence-electron chi connectivity index (χ1n) is 8.50. The summed E-state index contributed by atoms with van der Waals surface area (Å²) < 4.78 is 5.78. The third-order valence-electron chi connectivity index (χ3n) is 3.14. The zero-order chi connectivity index (χ0) is 17.5. The van der Waals surface area contributed by atoms with Gasteiger partial charge in [-0.3, -0.25) is 4.79 Å². The Kier molecular flexibility index (Phi) is 16.1. The summed E-state index contributed by atoms with van der Waals surface area (Å²) in [4.78, 5) is 11.1. The highest BCUT2D eigenvalue weighted by atomic mass is 79.9. The molecule has 0 radical (unpaired) electrons. The summed E-state index contributed by atoms with van der Waals surface area (Å²) in [6, 6.07) is 8.40. The first kappa shape index (κ1) is 23.4. The van der Waals surface area contributed by atoms with Gasteiger partial charge in [-0.15, -0.1) is 0 Å². The van der Waals surface area contributed by atoms with Gasteiger partial charge in [0.05, 0.1) is 7.11 Å². The lowest BCUT2D eigenvalue weighted by molar-refractivity contribution is -0.141. The molecule has 0 amide bonds. The number of carbonyl (C=O) groups excluding carboxylic acids is 1. The molecular weight excluding hydrogens is 340 g/mol. The molecule has 128 valence electrons. The summed E-state index contributed by atoms with van der Waals surface area (Å²) >= 11 is 3.42. The molecular formula is C19H33BrO2. The molecule has 0 saturated heterocycles. The second kappa shape index (κ2) is 15.1. The average Bonchev–Trinajstić information content (AvgIpc) is 3.32. The maximum atomic E-state index is 11.1. The monoisotopic (exact) mass is 372 g/mol. The Balaban J connectivity index is 0. The predicted molar refractivity (Wildman–Crippen MR) is 100 cm³/mol. The molecule has 3 heteroatoms. The number of rotatable bonds is 4. The van der Waals surface area contributed by atoms with Crippen LogP contribution in [-0.4, -0.2) is 13.1 Å². The zero-order valence-corrected chi connectivity index (χ0v) is 16.9. The fourth-order valence-corrected chi connectivity index (χ4v) is 2.30. The number of halogens is 1. The van der Waals surface area contributed by atoms with Gasteiger partial charge in [0.1, 0.15) is 0 Å². The fraction of sp³-hybridized carbons (Fsp3) is 0.632. The van der Waals surface area contributed by atoms with Crippen LogP contribution in [0.15, 0.2) is 28.7 Å². The van der Waals surface area contributed by atoms with Crippen LogP contribution in [0.4, 0.5) is 0 Å². The number of benzene rings is 1. The Hall–Kier alpha value is -0.830. The van der Waals surface area contributed by atoms with Crippen LogP contribution in [0, 0.1) is 11.8 Å². The van der Waals surface area contributed by atoms with Gasteiger partial charge in [-0.2, -0.15) is 0 Å². The van der Waals surface area contributed by atoms with E-state index in [0.717, 1.165) is 17.3 Å². The summed E-state index contributed by atoms with van der Waals surface area (Å²) in [5, 5.41) is 0. The first-order valence-corrected chi connectivity index (χ1v) is 9.29. The van der Waals surface area contributed by atoms with E-state index in [1.807, 2.05) is 41.5 Å². The minimum absolute atomic E-state index is 0.0803. The van der Waals surface area contributed by atoms with Crippen LogP contribution in [0.1, 0.15) is 59.9 Å². The molecule has 2 unspecified atom stereocenters. The van der Waals surface area contributed by atoms with Crippen molar-refractivity contribution in [2.75, 3.05) is 7.11 Å². The highest BCUT2D eigenvalue weighted by Crippen LogP contribution is 2.43. The van der Waals surface area contributed by atoms with E-state index in [9.17, 15) is 4.79 Å². The van der Waals surface area contributed by atoms with Gasteiger partial charge in [-0.1, -0.05) is 69.6 Å². The van der Waals surface area contributed by atoms with Gasteiger partial charge in [0, 0.05) is 10.9 Å². The van der Waals surface area contributed by atoms with Crippen LogP contribution in [0.2, 0.25) is 0 Å². The van der Waals surface area contributed by atoms with Crippen molar-refractivity contribution in [1.82, 2.24) is 0 Å². The van der Waals surface area contributed by atoms with Gasteiger partial charge >= 0.3 is 5.97 Å². The van der Waals surface area contributed by atoms with Gasteiger partial charge < -0.3 is 4.74 Å². The third-order valence-corrected chi connectivity index (χ3v) is 3.67. The highest BCUT2D eigenvalue weighted by Gasteiger charge is 2.38. The minimum Gasteiger partial charge on any atom is -0.469 e. The van der Waals surface area contributed by atoms with Gasteiger partial charge in [0.2, 0.25) is 0 Å². The number of methoxy groups -OCH3 is 1. The Morgan fingerprint density at radius 2 is 1.55 bits per heavy atom. The van der Waals surface area contributed by atoms with Crippen LogP contribution in [0.5, 0.6) is 0 Å². The Morgan fingerprint density at radius 1 is 1.05 bits per heavy atom. The molecule has 1 aliphatic rings. The standard InChI is InChI=1S/C13H15BrO2.3C2H6/c1-16-13(15)8-11-7-10(11)6-9-2-4-12(14)5-3-9;3*1-2/h2-5,10-11H,6-8H2,1H3;3*1-2H3. The molecule has 0 aromatic heterocycles. The van der Waals surface area contributed by atoms with Crippen molar-refractivity contribution >= 4 is 21.9 Å². The number of carbonyl (C=O) groups is 1. The Labute approximate surface area is 145 Å². The van der Waals surface area contributed by atoms with Crippen molar-refractivity contribution in [2.24, 2.45) is 11.8 Å². The van der Waals surface area contributed by atoms with Gasteiger partial charge in [0.15, 0.2) is 0 Å². The van der Waals surface area contributed by atoms with Crippen molar-refractivity contribution in [3.05, 3.63) is 34.3 Å². The van der Waals surface area contributed by atoms with E-state index in [1.54, 1.807) is 0 Å². The van der Waals surface area contributed by atoms with E-state index in [-0.39, 0.29) is 5.97 Å². The lowest BCUT2D eigenvalue weighted by Crippen LogP contribution is -2.02. The van der Waals surface area contributed by atoms with Crippen molar-refractivity contribution in [1.29, 1.82) is 0 Å². The molecule has 0 N–H and O–H groups in total. The van der Waals surface area contributed by atoms with Crippen LogP contribution in [0.25, 0.3) is 0 Å². The maximum absolute atomic E-state index is 11.1. The quantitative estimate of drug-likeness (QED) is 0.582. The van der Waals surface area contributed by atoms with Crippen LogP contribution in [0.3, 0.4) is 0 Å². The van der Waals surface area contributed by atoms with E-state index in [1.165, 1.54) is 12.7 Å². The largest absolute Gasteiger partial charge is 0.469 e. The molecule has 0 aliphatic heterocycles. The smallest absolute Gasteiger partial charge is 0.305 e. The number of ether oxygens (including phenoxy) is 1. The number of esters is 1. The average molecular weight is 373 g/mol. The van der Waals surface area contributed by atoms with Crippen LogP contribution in [-0.2, 0) is 16.0 Å². The summed E-state index contributed by atoms with van der Waals surface area (Å²) in [6.45, 7) is 12.0. The second-order valence-electron chi connectivity index (χ2n) is 4.37. The molecule has 0 heterocycles.